The summed E-state index contributed by atoms with van der Waals surface area (Å²) < 4.78 is 7.74. The third-order valence-corrected chi connectivity index (χ3v) is 7.18. The first-order chi connectivity index (χ1) is 15.1. The Bertz CT molecular complexity index is 1190. The smallest absolute Gasteiger partial charge is 0.411 e. The van der Waals surface area contributed by atoms with Gasteiger partial charge in [-0.15, -0.1) is 0 Å². The van der Waals surface area contributed by atoms with Gasteiger partial charge in [-0.05, 0) is 30.0 Å². The molecular formula is C25H25N3O3. The zero-order chi connectivity index (χ0) is 21.1. The Morgan fingerprint density at radius 1 is 1.03 bits per heavy atom. The molecule has 0 bridgehead atoms. The number of fused-ring (bicyclic) bond motifs is 4. The maximum Gasteiger partial charge on any atom is 0.411 e. The van der Waals surface area contributed by atoms with Gasteiger partial charge < -0.3 is 14.2 Å². The SMILES string of the molecule is Cn1cc(C(=O)N2CCC(N3C(=O)OC4Cc5ccccc5C43)CC2)c2ccccc21. The van der Waals surface area contributed by atoms with Crippen LogP contribution in [0.3, 0.4) is 0 Å². The summed E-state index contributed by atoms with van der Waals surface area (Å²) in [6, 6.07) is 16.4. The molecule has 2 unspecified atom stereocenters. The van der Waals surface area contributed by atoms with Crippen LogP contribution in [-0.2, 0) is 18.2 Å². The number of aromatic nitrogens is 1. The van der Waals surface area contributed by atoms with Gasteiger partial charge in [-0.1, -0.05) is 42.5 Å². The number of ether oxygens (including phenoxy) is 1. The number of hydrogen-bond donors (Lipinski definition) is 0. The number of carbonyl (C=O) groups excluding carboxylic acids is 2. The van der Waals surface area contributed by atoms with Gasteiger partial charge in [0.1, 0.15) is 6.10 Å². The molecule has 1 aromatic heterocycles. The molecular weight excluding hydrogens is 390 g/mol. The van der Waals surface area contributed by atoms with Gasteiger partial charge in [0, 0.05) is 49.7 Å². The molecule has 0 spiro atoms. The predicted molar refractivity (Wildman–Crippen MR) is 117 cm³/mol. The first-order valence-corrected chi connectivity index (χ1v) is 11.0. The number of benzene rings is 2. The van der Waals surface area contributed by atoms with Gasteiger partial charge in [0.05, 0.1) is 11.6 Å². The molecule has 2 amide bonds. The first kappa shape index (κ1) is 18.5. The topological polar surface area (TPSA) is 54.8 Å². The standard InChI is InChI=1S/C25H25N3O3/c1-26-15-20(19-8-4-5-9-21(19)26)24(29)27-12-10-17(11-13-27)28-23-18-7-3-2-6-16(18)14-22(23)31-25(28)30/h2-9,15,17,22-23H,10-14H2,1H3. The Balaban J connectivity index is 1.20. The molecule has 158 valence electrons. The maximum absolute atomic E-state index is 13.3. The van der Waals surface area contributed by atoms with Crippen molar-refractivity contribution in [1.82, 2.24) is 14.4 Å². The number of nitrogens with zero attached hydrogens (tertiary/aromatic N) is 3. The van der Waals surface area contributed by atoms with E-state index in [0.717, 1.165) is 35.7 Å². The molecule has 2 aromatic carbocycles. The number of piperidine rings is 1. The molecule has 6 nitrogen and oxygen atoms in total. The van der Waals surface area contributed by atoms with Crippen molar-refractivity contribution >= 4 is 22.9 Å². The third kappa shape index (κ3) is 2.77. The van der Waals surface area contributed by atoms with Crippen LogP contribution in [0.4, 0.5) is 4.79 Å². The maximum atomic E-state index is 13.3. The minimum atomic E-state index is -0.205. The molecule has 3 aromatic rings. The zero-order valence-electron chi connectivity index (χ0n) is 17.5. The Morgan fingerprint density at radius 3 is 2.61 bits per heavy atom. The number of likely N-dealkylation sites (tertiary alicyclic amines) is 1. The van der Waals surface area contributed by atoms with Gasteiger partial charge in [-0.3, -0.25) is 9.69 Å². The normalized spacial score (nSPS) is 23.2. The lowest BCUT2D eigenvalue weighted by atomic mass is 9.98. The van der Waals surface area contributed by atoms with Crippen LogP contribution >= 0.6 is 0 Å². The highest BCUT2D eigenvalue weighted by Gasteiger charge is 2.50. The van der Waals surface area contributed by atoms with Crippen molar-refractivity contribution in [3.63, 3.8) is 0 Å². The predicted octanol–water partition coefficient (Wildman–Crippen LogP) is 3.90. The molecule has 1 aliphatic carbocycles. The number of hydrogen-bond acceptors (Lipinski definition) is 3. The van der Waals surface area contributed by atoms with Crippen LogP contribution in [0, 0.1) is 0 Å². The summed E-state index contributed by atoms with van der Waals surface area (Å²) in [6.07, 6.45) is 3.98. The van der Waals surface area contributed by atoms with Gasteiger partial charge in [-0.25, -0.2) is 4.79 Å². The lowest BCUT2D eigenvalue weighted by Gasteiger charge is -2.37. The van der Waals surface area contributed by atoms with Crippen LogP contribution in [0.15, 0.2) is 54.7 Å². The molecule has 2 saturated heterocycles. The average Bonchev–Trinajstić information content (AvgIpc) is 3.42. The van der Waals surface area contributed by atoms with Gasteiger partial charge in [-0.2, -0.15) is 0 Å². The fraction of sp³-hybridized carbons (Fsp3) is 0.360. The van der Waals surface area contributed by atoms with Crippen LogP contribution in [0.5, 0.6) is 0 Å². The van der Waals surface area contributed by atoms with Gasteiger partial charge >= 0.3 is 6.09 Å². The first-order valence-electron chi connectivity index (χ1n) is 11.0. The van der Waals surface area contributed by atoms with Crippen molar-refractivity contribution in [1.29, 1.82) is 0 Å². The Labute approximate surface area is 181 Å². The fourth-order valence-corrected chi connectivity index (χ4v) is 5.68. The lowest BCUT2D eigenvalue weighted by Crippen LogP contribution is -2.47. The van der Waals surface area contributed by atoms with Gasteiger partial charge in [0.25, 0.3) is 5.91 Å². The second kappa shape index (κ2) is 6.87. The molecule has 2 aliphatic heterocycles. The minimum absolute atomic E-state index is 0.00835. The minimum Gasteiger partial charge on any atom is -0.443 e. The van der Waals surface area contributed by atoms with Crippen LogP contribution in [0.2, 0.25) is 0 Å². The number of aryl methyl sites for hydroxylation is 1. The number of rotatable bonds is 2. The van der Waals surface area contributed by atoms with Crippen LogP contribution in [0.25, 0.3) is 10.9 Å². The highest BCUT2D eigenvalue weighted by Crippen LogP contribution is 2.44. The van der Waals surface area contributed by atoms with E-state index in [1.165, 1.54) is 11.1 Å². The number of para-hydroxylation sites is 1. The lowest BCUT2D eigenvalue weighted by molar-refractivity contribution is 0.0637. The second-order valence-electron chi connectivity index (χ2n) is 8.87. The van der Waals surface area contributed by atoms with Crippen molar-refractivity contribution in [2.45, 2.75) is 37.5 Å². The van der Waals surface area contributed by atoms with E-state index in [2.05, 4.69) is 12.1 Å². The van der Waals surface area contributed by atoms with Crippen molar-refractivity contribution < 1.29 is 14.3 Å². The van der Waals surface area contributed by atoms with E-state index in [-0.39, 0.29) is 30.2 Å². The highest BCUT2D eigenvalue weighted by molar-refractivity contribution is 6.07. The molecule has 2 fully saturated rings. The highest BCUT2D eigenvalue weighted by atomic mass is 16.6. The fourth-order valence-electron chi connectivity index (χ4n) is 5.68. The molecule has 6 heteroatoms. The summed E-state index contributed by atoms with van der Waals surface area (Å²) in [5.74, 6) is 0.0725. The summed E-state index contributed by atoms with van der Waals surface area (Å²) >= 11 is 0. The number of amides is 2. The van der Waals surface area contributed by atoms with E-state index in [1.54, 1.807) is 0 Å². The Kier molecular flexibility index (Phi) is 4.10. The Morgan fingerprint density at radius 2 is 1.77 bits per heavy atom. The van der Waals surface area contributed by atoms with Crippen molar-refractivity contribution in [2.24, 2.45) is 7.05 Å². The van der Waals surface area contributed by atoms with E-state index < -0.39 is 0 Å². The van der Waals surface area contributed by atoms with Gasteiger partial charge in [0.15, 0.2) is 0 Å². The van der Waals surface area contributed by atoms with E-state index in [4.69, 9.17) is 4.74 Å². The van der Waals surface area contributed by atoms with Crippen molar-refractivity contribution in [2.75, 3.05) is 13.1 Å². The third-order valence-electron chi connectivity index (χ3n) is 7.18. The largest absolute Gasteiger partial charge is 0.443 e. The van der Waals surface area contributed by atoms with Crippen molar-refractivity contribution in [3.05, 3.63) is 71.4 Å². The quantitative estimate of drug-likeness (QED) is 0.638. The zero-order valence-corrected chi connectivity index (χ0v) is 17.5. The van der Waals surface area contributed by atoms with Crippen molar-refractivity contribution in [3.8, 4) is 0 Å². The molecule has 3 heterocycles. The molecule has 6 rings (SSSR count). The number of carbonyl (C=O) groups is 2. The Hall–Kier alpha value is -3.28. The van der Waals surface area contributed by atoms with E-state index in [9.17, 15) is 9.59 Å². The molecule has 0 N–H and O–H groups in total. The molecule has 2 atom stereocenters. The van der Waals surface area contributed by atoms with Crippen LogP contribution in [0.1, 0.15) is 40.4 Å². The molecule has 3 aliphatic rings. The monoisotopic (exact) mass is 415 g/mol. The van der Waals surface area contributed by atoms with Crippen LogP contribution < -0.4 is 0 Å². The van der Waals surface area contributed by atoms with E-state index >= 15 is 0 Å². The van der Waals surface area contributed by atoms with Crippen LogP contribution in [-0.4, -0.2) is 51.6 Å². The van der Waals surface area contributed by atoms with E-state index in [0.29, 0.717) is 13.1 Å². The van der Waals surface area contributed by atoms with Gasteiger partial charge in [0.2, 0.25) is 0 Å². The van der Waals surface area contributed by atoms with E-state index in [1.807, 2.05) is 64.0 Å². The molecule has 0 saturated carbocycles. The average molecular weight is 415 g/mol. The summed E-state index contributed by atoms with van der Waals surface area (Å²) in [6.45, 7) is 1.30. The second-order valence-corrected chi connectivity index (χ2v) is 8.87. The summed E-state index contributed by atoms with van der Waals surface area (Å²) in [4.78, 5) is 29.9. The molecule has 31 heavy (non-hydrogen) atoms. The summed E-state index contributed by atoms with van der Waals surface area (Å²) in [7, 11) is 1.97. The summed E-state index contributed by atoms with van der Waals surface area (Å²) in [5.41, 5.74) is 4.31. The summed E-state index contributed by atoms with van der Waals surface area (Å²) in [5, 5.41) is 0.991. The molecule has 0 radical (unpaired) electrons.